The summed E-state index contributed by atoms with van der Waals surface area (Å²) in [6.45, 7) is 1.21. The lowest BCUT2D eigenvalue weighted by molar-refractivity contribution is -0.122. The van der Waals surface area contributed by atoms with Gasteiger partial charge in [0, 0.05) is 15.4 Å². The lowest BCUT2D eigenvalue weighted by Crippen LogP contribution is -2.30. The molecular formula is C33H24BrClN2O6. The van der Waals surface area contributed by atoms with E-state index in [2.05, 4.69) is 15.9 Å². The molecule has 6 rings (SSSR count). The molecule has 8 nitrogen and oxygen atoms in total. The van der Waals surface area contributed by atoms with Crippen LogP contribution < -0.4 is 4.90 Å². The monoisotopic (exact) mass is 658 g/mol. The van der Waals surface area contributed by atoms with Gasteiger partial charge >= 0.3 is 5.97 Å². The number of para-hydroxylation sites is 1. The van der Waals surface area contributed by atoms with Crippen molar-refractivity contribution in [3.05, 3.63) is 99.0 Å². The molecule has 2 atom stereocenters. The quantitative estimate of drug-likeness (QED) is 0.105. The number of amides is 2. The zero-order valence-corrected chi connectivity index (χ0v) is 25.2. The number of ketones is 1. The highest BCUT2D eigenvalue weighted by molar-refractivity contribution is 9.10. The molecule has 1 fully saturated rings. The standard InChI is InChI=1S/C33H24BrClN2O6/c1-17-29(35)25(34)14-23-24(33(42)43-16-28(39)22-8-4-5-9-27(22)38)15-26(36-30(17)23)18-10-12-19(13-11-18)37-31(40)20-6-2-3-7-21(20)32(37)41/h2-5,8-15,20-21,38H,6-7,16H2,1H3. The number of nitrogens with zero attached hydrogens (tertiary/aromatic N) is 2. The number of carbonyl (C=O) groups excluding carboxylic acids is 4. The normalized spacial score (nSPS) is 17.8. The van der Waals surface area contributed by atoms with E-state index in [4.69, 9.17) is 21.3 Å². The number of aromatic nitrogens is 1. The molecular weight excluding hydrogens is 636 g/mol. The highest BCUT2D eigenvalue weighted by atomic mass is 79.9. The fraction of sp³-hybridized carbons (Fsp3) is 0.182. The van der Waals surface area contributed by atoms with Crippen molar-refractivity contribution < 1.29 is 29.0 Å². The van der Waals surface area contributed by atoms with E-state index in [-0.39, 0.29) is 40.5 Å². The van der Waals surface area contributed by atoms with Crippen LogP contribution in [0.15, 0.2) is 77.3 Å². The number of imide groups is 1. The lowest BCUT2D eigenvalue weighted by atomic mass is 9.85. The Morgan fingerprint density at radius 3 is 2.30 bits per heavy atom. The Balaban J connectivity index is 1.34. The smallest absolute Gasteiger partial charge is 0.339 e. The molecule has 2 unspecified atom stereocenters. The van der Waals surface area contributed by atoms with Gasteiger partial charge in [0.05, 0.1) is 44.9 Å². The van der Waals surface area contributed by atoms with Crippen LogP contribution in [-0.4, -0.2) is 40.3 Å². The third-order valence-corrected chi connectivity index (χ3v) is 9.25. The van der Waals surface area contributed by atoms with Crippen LogP contribution in [0.5, 0.6) is 5.75 Å². The van der Waals surface area contributed by atoms with E-state index in [1.54, 1.807) is 55.5 Å². The maximum atomic E-state index is 13.4. The molecule has 216 valence electrons. The van der Waals surface area contributed by atoms with Gasteiger partial charge in [-0.25, -0.2) is 9.78 Å². The van der Waals surface area contributed by atoms with Crippen LogP contribution in [0.3, 0.4) is 0 Å². The Morgan fingerprint density at radius 2 is 1.65 bits per heavy atom. The maximum absolute atomic E-state index is 13.4. The number of aromatic hydroxyl groups is 1. The fourth-order valence-electron chi connectivity index (χ4n) is 5.61. The van der Waals surface area contributed by atoms with Crippen molar-refractivity contribution in [1.29, 1.82) is 0 Å². The minimum atomic E-state index is -0.757. The lowest BCUT2D eigenvalue weighted by Gasteiger charge is -2.16. The van der Waals surface area contributed by atoms with Gasteiger partial charge in [0.1, 0.15) is 5.75 Å². The number of halogens is 2. The Morgan fingerprint density at radius 1 is 1.00 bits per heavy atom. The second-order valence-corrected chi connectivity index (χ2v) is 11.7. The number of phenolic OH excluding ortho intramolecular Hbond substituents is 1. The Bertz CT molecular complexity index is 1840. The van der Waals surface area contributed by atoms with E-state index < -0.39 is 18.4 Å². The van der Waals surface area contributed by atoms with E-state index in [9.17, 15) is 24.3 Å². The number of phenols is 1. The van der Waals surface area contributed by atoms with Gasteiger partial charge in [-0.2, -0.15) is 0 Å². The Hall–Kier alpha value is -4.34. The SMILES string of the molecule is Cc1c(Cl)c(Br)cc2c(C(=O)OCC(=O)c3ccccc3O)cc(-c3ccc(N4C(=O)C5CC=CCC5C4=O)cc3)nc12. The first-order valence-electron chi connectivity index (χ1n) is 13.6. The summed E-state index contributed by atoms with van der Waals surface area (Å²) >= 11 is 9.93. The van der Waals surface area contributed by atoms with Crippen LogP contribution in [0.2, 0.25) is 5.02 Å². The number of pyridine rings is 1. The highest BCUT2D eigenvalue weighted by Crippen LogP contribution is 2.39. The molecule has 4 aromatic rings. The van der Waals surface area contributed by atoms with Crippen LogP contribution in [0.4, 0.5) is 5.69 Å². The summed E-state index contributed by atoms with van der Waals surface area (Å²) in [5.74, 6) is -2.58. The van der Waals surface area contributed by atoms with Gasteiger partial charge in [-0.05, 0) is 77.7 Å². The molecule has 10 heteroatoms. The van der Waals surface area contributed by atoms with E-state index in [1.807, 2.05) is 12.2 Å². The number of hydrogen-bond acceptors (Lipinski definition) is 7. The van der Waals surface area contributed by atoms with Crippen molar-refractivity contribution in [2.75, 3.05) is 11.5 Å². The number of ether oxygens (including phenoxy) is 1. The number of allylic oxidation sites excluding steroid dienone is 2. The van der Waals surface area contributed by atoms with E-state index in [0.717, 1.165) is 0 Å². The second-order valence-electron chi connectivity index (χ2n) is 10.5. The summed E-state index contributed by atoms with van der Waals surface area (Å²) in [5, 5.41) is 10.9. The van der Waals surface area contributed by atoms with Crippen molar-refractivity contribution in [3.63, 3.8) is 0 Å². The molecule has 2 heterocycles. The van der Waals surface area contributed by atoms with Crippen LogP contribution in [0, 0.1) is 18.8 Å². The van der Waals surface area contributed by atoms with Gasteiger partial charge in [0.15, 0.2) is 6.61 Å². The van der Waals surface area contributed by atoms with Crippen molar-refractivity contribution >= 4 is 67.7 Å². The number of fused-ring (bicyclic) bond motifs is 2. The van der Waals surface area contributed by atoms with Gasteiger partial charge in [0.2, 0.25) is 17.6 Å². The third kappa shape index (κ3) is 5.13. The number of hydrogen-bond donors (Lipinski definition) is 1. The van der Waals surface area contributed by atoms with Crippen molar-refractivity contribution in [1.82, 2.24) is 4.98 Å². The number of anilines is 1. The molecule has 43 heavy (non-hydrogen) atoms. The summed E-state index contributed by atoms with van der Waals surface area (Å²) in [6, 6.07) is 16.1. The van der Waals surface area contributed by atoms with E-state index in [0.29, 0.717) is 55.7 Å². The van der Waals surface area contributed by atoms with Crippen molar-refractivity contribution in [2.24, 2.45) is 11.8 Å². The Kier molecular flexibility index (Phi) is 7.62. The summed E-state index contributed by atoms with van der Waals surface area (Å²) in [4.78, 5) is 58.2. The molecule has 0 saturated carbocycles. The van der Waals surface area contributed by atoms with Crippen LogP contribution >= 0.6 is 27.5 Å². The average molecular weight is 660 g/mol. The first-order valence-corrected chi connectivity index (χ1v) is 14.7. The first kappa shape index (κ1) is 28.8. The zero-order chi connectivity index (χ0) is 30.4. The van der Waals surface area contributed by atoms with Gasteiger partial charge in [0.25, 0.3) is 0 Å². The molecule has 3 aromatic carbocycles. The predicted octanol–water partition coefficient (Wildman–Crippen LogP) is 6.83. The topological polar surface area (TPSA) is 114 Å². The fourth-order valence-corrected chi connectivity index (χ4v) is 6.28. The van der Waals surface area contributed by atoms with Gasteiger partial charge in [-0.1, -0.05) is 48.0 Å². The number of carbonyl (C=O) groups is 4. The molecule has 2 aliphatic rings. The largest absolute Gasteiger partial charge is 0.507 e. The first-order chi connectivity index (χ1) is 20.7. The molecule has 1 aromatic heterocycles. The van der Waals surface area contributed by atoms with Gasteiger partial charge < -0.3 is 9.84 Å². The minimum Gasteiger partial charge on any atom is -0.507 e. The Labute approximate surface area is 260 Å². The van der Waals surface area contributed by atoms with Crippen LogP contribution in [0.25, 0.3) is 22.2 Å². The predicted molar refractivity (Wildman–Crippen MR) is 165 cm³/mol. The summed E-state index contributed by atoms with van der Waals surface area (Å²) in [7, 11) is 0. The third-order valence-electron chi connectivity index (χ3n) is 7.91. The molecule has 1 aliphatic heterocycles. The van der Waals surface area contributed by atoms with E-state index >= 15 is 0 Å². The highest BCUT2D eigenvalue weighted by Gasteiger charge is 2.47. The summed E-state index contributed by atoms with van der Waals surface area (Å²) in [5.41, 5.74) is 2.84. The van der Waals surface area contributed by atoms with Crippen molar-refractivity contribution in [2.45, 2.75) is 19.8 Å². The number of benzene rings is 3. The molecule has 0 spiro atoms. The molecule has 0 bridgehead atoms. The molecule has 1 N–H and O–H groups in total. The molecule has 2 amide bonds. The number of esters is 1. The van der Waals surface area contributed by atoms with Crippen LogP contribution in [0.1, 0.15) is 39.1 Å². The number of aryl methyl sites for hydroxylation is 1. The second kappa shape index (κ2) is 11.4. The summed E-state index contributed by atoms with van der Waals surface area (Å²) in [6.07, 6.45) is 5.00. The van der Waals surface area contributed by atoms with Gasteiger partial charge in [-0.3, -0.25) is 19.3 Å². The van der Waals surface area contributed by atoms with E-state index in [1.165, 1.54) is 17.0 Å². The molecule has 1 aliphatic carbocycles. The maximum Gasteiger partial charge on any atom is 0.339 e. The minimum absolute atomic E-state index is 0.0477. The number of Topliss-reactive ketones (excluding diaryl/α,β-unsaturated/α-hetero) is 1. The van der Waals surface area contributed by atoms with Gasteiger partial charge in [-0.15, -0.1) is 0 Å². The zero-order valence-electron chi connectivity index (χ0n) is 22.8. The molecule has 0 radical (unpaired) electrons. The van der Waals surface area contributed by atoms with Crippen molar-refractivity contribution in [3.8, 4) is 17.0 Å². The number of rotatable bonds is 6. The molecule has 1 saturated heterocycles. The summed E-state index contributed by atoms with van der Waals surface area (Å²) < 4.78 is 5.97. The average Bonchev–Trinajstić information content (AvgIpc) is 3.27. The van der Waals surface area contributed by atoms with Crippen LogP contribution in [-0.2, 0) is 14.3 Å².